The van der Waals surface area contributed by atoms with Gasteiger partial charge >= 0.3 is 0 Å². The van der Waals surface area contributed by atoms with E-state index in [2.05, 4.69) is 5.32 Å². The van der Waals surface area contributed by atoms with Crippen LogP contribution in [-0.4, -0.2) is 44.3 Å². The van der Waals surface area contributed by atoms with Gasteiger partial charge in [0.25, 0.3) is 10.0 Å². The number of hydrogen-bond acceptors (Lipinski definition) is 4. The van der Waals surface area contributed by atoms with Crippen LogP contribution in [0.3, 0.4) is 0 Å². The fourth-order valence-electron chi connectivity index (χ4n) is 3.71. The Bertz CT molecular complexity index is 1370. The molecule has 0 aliphatic rings. The third-order valence-electron chi connectivity index (χ3n) is 5.80. The summed E-state index contributed by atoms with van der Waals surface area (Å²) >= 11 is 6.14. The highest BCUT2D eigenvalue weighted by Gasteiger charge is 2.32. The molecule has 1 atom stereocenters. The quantitative estimate of drug-likeness (QED) is 0.405. The summed E-state index contributed by atoms with van der Waals surface area (Å²) in [6, 6.07) is 17.3. The monoisotopic (exact) mass is 545 g/mol. The van der Waals surface area contributed by atoms with Gasteiger partial charge in [0.05, 0.1) is 10.6 Å². The van der Waals surface area contributed by atoms with E-state index in [1.807, 2.05) is 6.92 Å². The van der Waals surface area contributed by atoms with Crippen molar-refractivity contribution in [2.75, 3.05) is 17.4 Å². The van der Waals surface area contributed by atoms with Gasteiger partial charge in [-0.1, -0.05) is 53.6 Å². The van der Waals surface area contributed by atoms with Crippen LogP contribution in [-0.2, 0) is 26.2 Å². The average Bonchev–Trinajstić information content (AvgIpc) is 2.86. The third-order valence-corrected chi connectivity index (χ3v) is 7.82. The number of aryl methyl sites for hydroxylation is 1. The van der Waals surface area contributed by atoms with Gasteiger partial charge in [0.1, 0.15) is 18.4 Å². The van der Waals surface area contributed by atoms with E-state index in [9.17, 15) is 22.4 Å². The van der Waals surface area contributed by atoms with E-state index in [0.29, 0.717) is 6.54 Å². The van der Waals surface area contributed by atoms with Crippen LogP contribution in [0.2, 0.25) is 5.02 Å². The summed E-state index contributed by atoms with van der Waals surface area (Å²) in [5.74, 6) is -1.66. The molecule has 2 amide bonds. The second-order valence-electron chi connectivity index (χ2n) is 8.49. The number of rotatable bonds is 10. The molecule has 0 spiro atoms. The van der Waals surface area contributed by atoms with Gasteiger partial charge in [0, 0.05) is 23.7 Å². The van der Waals surface area contributed by atoms with Crippen molar-refractivity contribution in [2.24, 2.45) is 0 Å². The average molecular weight is 546 g/mol. The maximum Gasteiger partial charge on any atom is 0.264 e. The van der Waals surface area contributed by atoms with Crippen LogP contribution >= 0.6 is 11.6 Å². The van der Waals surface area contributed by atoms with Gasteiger partial charge in [0.15, 0.2) is 0 Å². The molecule has 0 saturated heterocycles. The first kappa shape index (κ1) is 28.1. The Balaban J connectivity index is 2.04. The fourth-order valence-corrected chi connectivity index (χ4v) is 5.30. The lowest BCUT2D eigenvalue weighted by atomic mass is 10.1. The predicted octanol–water partition coefficient (Wildman–Crippen LogP) is 4.54. The summed E-state index contributed by atoms with van der Waals surface area (Å²) in [7, 11) is -4.20. The number of sulfonamides is 1. The number of carbonyl (C=O) groups excluding carboxylic acids is 2. The first-order chi connectivity index (χ1) is 17.5. The van der Waals surface area contributed by atoms with Crippen LogP contribution in [0.15, 0.2) is 77.7 Å². The molecule has 7 nitrogen and oxygen atoms in total. The van der Waals surface area contributed by atoms with Crippen molar-refractivity contribution in [2.45, 2.75) is 38.3 Å². The number of amides is 2. The molecule has 10 heteroatoms. The highest BCUT2D eigenvalue weighted by molar-refractivity contribution is 7.92. The number of nitrogens with one attached hydrogen (secondary N) is 1. The Morgan fingerprint density at radius 2 is 1.70 bits per heavy atom. The zero-order chi connectivity index (χ0) is 27.2. The van der Waals surface area contributed by atoms with E-state index in [-0.39, 0.29) is 27.7 Å². The Morgan fingerprint density at radius 1 is 1.03 bits per heavy atom. The maximum absolute atomic E-state index is 14.5. The Hall–Kier alpha value is -3.43. The standard InChI is InChI=1S/C27H29ClFN3O4S/c1-4-30-27(34)20(3)31(17-21-8-5-6-11-25(21)29)26(33)18-32(23-10-7-9-22(28)16-23)37(35,36)24-14-12-19(2)13-15-24/h5-16,20H,4,17-18H2,1-3H3,(H,30,34). The number of anilines is 1. The lowest BCUT2D eigenvalue weighted by molar-refractivity contribution is -0.139. The van der Waals surface area contributed by atoms with Crippen LogP contribution in [0.1, 0.15) is 25.0 Å². The van der Waals surface area contributed by atoms with Gasteiger partial charge < -0.3 is 10.2 Å². The maximum atomic E-state index is 14.5. The van der Waals surface area contributed by atoms with E-state index in [1.54, 1.807) is 37.3 Å². The molecule has 0 saturated carbocycles. The van der Waals surface area contributed by atoms with Gasteiger partial charge in [-0.2, -0.15) is 0 Å². The SMILES string of the molecule is CCNC(=O)C(C)N(Cc1ccccc1F)C(=O)CN(c1cccc(Cl)c1)S(=O)(=O)c1ccc(C)cc1. The molecule has 0 aromatic heterocycles. The molecule has 37 heavy (non-hydrogen) atoms. The molecular weight excluding hydrogens is 517 g/mol. The molecule has 3 aromatic carbocycles. The summed E-state index contributed by atoms with van der Waals surface area (Å²) in [5, 5.41) is 2.94. The summed E-state index contributed by atoms with van der Waals surface area (Å²) in [4.78, 5) is 27.5. The normalized spacial score (nSPS) is 12.0. The first-order valence-corrected chi connectivity index (χ1v) is 13.5. The van der Waals surface area contributed by atoms with Gasteiger partial charge in [-0.15, -0.1) is 0 Å². The molecule has 0 radical (unpaired) electrons. The Labute approximate surface area is 221 Å². The molecule has 0 heterocycles. The number of likely N-dealkylation sites (N-methyl/N-ethyl adjacent to an activating group) is 1. The lowest BCUT2D eigenvalue weighted by Crippen LogP contribution is -2.51. The summed E-state index contributed by atoms with van der Waals surface area (Å²) < 4.78 is 42.8. The summed E-state index contributed by atoms with van der Waals surface area (Å²) in [6.07, 6.45) is 0. The molecule has 196 valence electrons. The molecule has 1 N–H and O–H groups in total. The van der Waals surface area contributed by atoms with Crippen LogP contribution in [0.5, 0.6) is 0 Å². The smallest absolute Gasteiger partial charge is 0.264 e. The van der Waals surface area contributed by atoms with Gasteiger partial charge in [-0.25, -0.2) is 12.8 Å². The highest BCUT2D eigenvalue weighted by Crippen LogP contribution is 2.27. The van der Waals surface area contributed by atoms with E-state index < -0.39 is 40.2 Å². The molecule has 0 bridgehead atoms. The zero-order valence-corrected chi connectivity index (χ0v) is 22.4. The van der Waals surface area contributed by atoms with Crippen molar-refractivity contribution in [1.29, 1.82) is 0 Å². The molecule has 0 fully saturated rings. The second-order valence-corrected chi connectivity index (χ2v) is 10.8. The summed E-state index contributed by atoms with van der Waals surface area (Å²) in [5.41, 5.74) is 1.25. The molecule has 3 rings (SSSR count). The highest BCUT2D eigenvalue weighted by atomic mass is 35.5. The molecule has 0 aliphatic heterocycles. The molecule has 3 aromatic rings. The minimum Gasteiger partial charge on any atom is -0.355 e. The fraction of sp³-hybridized carbons (Fsp3) is 0.259. The summed E-state index contributed by atoms with van der Waals surface area (Å²) in [6.45, 7) is 4.57. The first-order valence-electron chi connectivity index (χ1n) is 11.7. The van der Waals surface area contributed by atoms with Crippen molar-refractivity contribution in [1.82, 2.24) is 10.2 Å². The van der Waals surface area contributed by atoms with Crippen LogP contribution in [0.4, 0.5) is 10.1 Å². The van der Waals surface area contributed by atoms with E-state index in [4.69, 9.17) is 11.6 Å². The van der Waals surface area contributed by atoms with E-state index in [1.165, 1.54) is 54.3 Å². The van der Waals surface area contributed by atoms with Crippen molar-refractivity contribution >= 4 is 39.1 Å². The predicted molar refractivity (Wildman–Crippen MR) is 142 cm³/mol. The van der Waals surface area contributed by atoms with Crippen LogP contribution < -0.4 is 9.62 Å². The van der Waals surface area contributed by atoms with E-state index >= 15 is 0 Å². The van der Waals surface area contributed by atoms with Crippen molar-refractivity contribution in [3.05, 3.63) is 94.8 Å². The Morgan fingerprint density at radius 3 is 2.32 bits per heavy atom. The largest absolute Gasteiger partial charge is 0.355 e. The van der Waals surface area contributed by atoms with Crippen LogP contribution in [0.25, 0.3) is 0 Å². The molecule has 1 unspecified atom stereocenters. The minimum absolute atomic E-state index is 0.0108. The van der Waals surface area contributed by atoms with Crippen molar-refractivity contribution < 1.29 is 22.4 Å². The number of hydrogen-bond donors (Lipinski definition) is 1. The number of nitrogens with zero attached hydrogens (tertiary/aromatic N) is 2. The minimum atomic E-state index is -4.20. The third kappa shape index (κ3) is 6.87. The Kier molecular flexibility index (Phi) is 9.29. The van der Waals surface area contributed by atoms with Crippen molar-refractivity contribution in [3.63, 3.8) is 0 Å². The van der Waals surface area contributed by atoms with Gasteiger partial charge in [-0.3, -0.25) is 13.9 Å². The molecule has 0 aliphatic carbocycles. The van der Waals surface area contributed by atoms with Gasteiger partial charge in [0.2, 0.25) is 11.8 Å². The lowest BCUT2D eigenvalue weighted by Gasteiger charge is -2.32. The second kappa shape index (κ2) is 12.2. The number of carbonyl (C=O) groups is 2. The number of benzene rings is 3. The zero-order valence-electron chi connectivity index (χ0n) is 20.8. The number of halogens is 2. The van der Waals surface area contributed by atoms with Crippen LogP contribution in [0, 0.1) is 12.7 Å². The molecular formula is C27H29ClFN3O4S. The van der Waals surface area contributed by atoms with Gasteiger partial charge in [-0.05, 0) is 57.2 Å². The topological polar surface area (TPSA) is 86.8 Å². The van der Waals surface area contributed by atoms with Crippen molar-refractivity contribution in [3.8, 4) is 0 Å². The van der Waals surface area contributed by atoms with E-state index in [0.717, 1.165) is 9.87 Å².